The number of nitrogens with zero attached hydrogens (tertiary/aromatic N) is 1. The Hall–Kier alpha value is -2.15. The van der Waals surface area contributed by atoms with E-state index >= 15 is 0 Å². The molecule has 1 aromatic rings. The lowest BCUT2D eigenvalue weighted by molar-refractivity contribution is -0.126. The van der Waals surface area contributed by atoms with Crippen molar-refractivity contribution in [3.8, 4) is 6.07 Å². The number of nitriles is 1. The number of rotatable bonds is 6. The van der Waals surface area contributed by atoms with Crippen LogP contribution in [0.15, 0.2) is 30.3 Å². The molecule has 18 heavy (non-hydrogen) atoms. The fourth-order valence-electron chi connectivity index (χ4n) is 1.69. The van der Waals surface area contributed by atoms with Crippen molar-refractivity contribution in [3.05, 3.63) is 35.9 Å². The molecule has 0 aliphatic heterocycles. The molecule has 0 aromatic heterocycles. The number of hydrogen-bond acceptors (Lipinski definition) is 3. The molecule has 0 saturated carbocycles. The third-order valence-electron chi connectivity index (χ3n) is 2.53. The van der Waals surface area contributed by atoms with E-state index < -0.39 is 6.04 Å². The summed E-state index contributed by atoms with van der Waals surface area (Å²) in [7, 11) is 0. The summed E-state index contributed by atoms with van der Waals surface area (Å²) in [6.45, 7) is 1.38. The van der Waals surface area contributed by atoms with E-state index in [9.17, 15) is 9.59 Å². The summed E-state index contributed by atoms with van der Waals surface area (Å²) in [5.41, 5.74) is 0.988. The minimum Gasteiger partial charge on any atom is -0.346 e. The second kappa shape index (κ2) is 7.23. The predicted octanol–water partition coefficient (Wildman–Crippen LogP) is 1.61. The van der Waals surface area contributed by atoms with E-state index in [2.05, 4.69) is 5.32 Å². The van der Waals surface area contributed by atoms with Gasteiger partial charge in [0.2, 0.25) is 5.91 Å². The summed E-state index contributed by atoms with van der Waals surface area (Å²) in [4.78, 5) is 23.0. The molecule has 1 rings (SSSR count). The van der Waals surface area contributed by atoms with Gasteiger partial charge in [-0.15, -0.1) is 0 Å². The smallest absolute Gasteiger partial charge is 0.217 e. The molecular formula is C14H16N2O2. The van der Waals surface area contributed by atoms with Gasteiger partial charge < -0.3 is 5.32 Å². The van der Waals surface area contributed by atoms with Crippen molar-refractivity contribution in [3.63, 3.8) is 0 Å². The van der Waals surface area contributed by atoms with Gasteiger partial charge in [-0.3, -0.25) is 9.59 Å². The SMILES string of the molecule is CC(=O)N[C@@H](Cc1ccccc1)C(=O)CCC#N. The van der Waals surface area contributed by atoms with Crippen LogP contribution in [0.1, 0.15) is 25.3 Å². The lowest BCUT2D eigenvalue weighted by Gasteiger charge is -2.16. The molecule has 4 nitrogen and oxygen atoms in total. The molecular weight excluding hydrogens is 228 g/mol. The van der Waals surface area contributed by atoms with E-state index in [0.717, 1.165) is 5.56 Å². The maximum atomic E-state index is 11.9. The average molecular weight is 244 g/mol. The van der Waals surface area contributed by atoms with Gasteiger partial charge in [-0.1, -0.05) is 30.3 Å². The average Bonchev–Trinajstić information content (AvgIpc) is 2.36. The van der Waals surface area contributed by atoms with E-state index in [-0.39, 0.29) is 24.5 Å². The van der Waals surface area contributed by atoms with Gasteiger partial charge >= 0.3 is 0 Å². The number of ketones is 1. The highest BCUT2D eigenvalue weighted by Gasteiger charge is 2.19. The maximum absolute atomic E-state index is 11.9. The van der Waals surface area contributed by atoms with Crippen molar-refractivity contribution < 1.29 is 9.59 Å². The summed E-state index contributed by atoms with van der Waals surface area (Å²) in [5, 5.41) is 11.1. The molecule has 0 bridgehead atoms. The third kappa shape index (κ3) is 4.79. The quantitative estimate of drug-likeness (QED) is 0.826. The molecule has 1 N–H and O–H groups in total. The zero-order valence-corrected chi connectivity index (χ0v) is 10.3. The third-order valence-corrected chi connectivity index (χ3v) is 2.53. The van der Waals surface area contributed by atoms with Crippen LogP contribution in [0.4, 0.5) is 0 Å². The molecule has 0 radical (unpaired) electrons. The number of benzene rings is 1. The number of carbonyl (C=O) groups is 2. The van der Waals surface area contributed by atoms with Gasteiger partial charge in [-0.05, 0) is 12.0 Å². The standard InChI is InChI=1S/C14H16N2O2/c1-11(17)16-13(14(18)8-5-9-15)10-12-6-3-2-4-7-12/h2-4,6-7,13H,5,8,10H2,1H3,(H,16,17)/t13-/m0/s1. The maximum Gasteiger partial charge on any atom is 0.217 e. The van der Waals surface area contributed by atoms with Crippen molar-refractivity contribution in [2.45, 2.75) is 32.2 Å². The first-order valence-corrected chi connectivity index (χ1v) is 5.84. The normalized spacial score (nSPS) is 11.3. The van der Waals surface area contributed by atoms with Gasteiger partial charge in [0.25, 0.3) is 0 Å². The number of nitrogens with one attached hydrogen (secondary N) is 1. The molecule has 94 valence electrons. The fraction of sp³-hybridized carbons (Fsp3) is 0.357. The molecule has 0 unspecified atom stereocenters. The molecule has 1 amide bonds. The van der Waals surface area contributed by atoms with Crippen LogP contribution in [0.2, 0.25) is 0 Å². The van der Waals surface area contributed by atoms with E-state index in [4.69, 9.17) is 5.26 Å². The van der Waals surface area contributed by atoms with Crippen molar-refractivity contribution >= 4 is 11.7 Å². The summed E-state index contributed by atoms with van der Waals surface area (Å²) < 4.78 is 0. The van der Waals surface area contributed by atoms with Crippen molar-refractivity contribution in [1.82, 2.24) is 5.32 Å². The molecule has 0 aliphatic rings. The Labute approximate surface area is 107 Å². The van der Waals surface area contributed by atoms with Crippen LogP contribution in [0.3, 0.4) is 0 Å². The van der Waals surface area contributed by atoms with Crippen LogP contribution >= 0.6 is 0 Å². The minimum absolute atomic E-state index is 0.101. The van der Waals surface area contributed by atoms with Crippen molar-refractivity contribution in [2.75, 3.05) is 0 Å². The summed E-state index contributed by atoms with van der Waals surface area (Å²) in [6, 6.07) is 10.9. The van der Waals surface area contributed by atoms with E-state index in [1.807, 2.05) is 36.4 Å². The molecule has 1 atom stereocenters. The molecule has 0 heterocycles. The Bertz CT molecular complexity index is 449. The van der Waals surface area contributed by atoms with Crippen LogP contribution in [0, 0.1) is 11.3 Å². The first-order chi connectivity index (χ1) is 8.63. The molecule has 0 aliphatic carbocycles. The Kier molecular flexibility index (Phi) is 5.59. The van der Waals surface area contributed by atoms with Crippen LogP contribution < -0.4 is 5.32 Å². The van der Waals surface area contributed by atoms with Gasteiger partial charge in [-0.2, -0.15) is 5.26 Å². The van der Waals surface area contributed by atoms with Crippen LogP contribution in [-0.2, 0) is 16.0 Å². The van der Waals surface area contributed by atoms with E-state index in [1.54, 1.807) is 0 Å². The zero-order valence-electron chi connectivity index (χ0n) is 10.3. The molecule has 0 fully saturated rings. The number of hydrogen-bond donors (Lipinski definition) is 1. The predicted molar refractivity (Wildman–Crippen MR) is 67.6 cm³/mol. The van der Waals surface area contributed by atoms with Crippen LogP contribution in [0.25, 0.3) is 0 Å². The topological polar surface area (TPSA) is 70.0 Å². The molecule has 1 aromatic carbocycles. The number of amides is 1. The second-order valence-corrected chi connectivity index (χ2v) is 4.07. The van der Waals surface area contributed by atoms with Gasteiger partial charge in [0.15, 0.2) is 5.78 Å². The summed E-state index contributed by atoms with van der Waals surface area (Å²) in [6.07, 6.45) is 0.822. The molecule has 0 spiro atoms. The first-order valence-electron chi connectivity index (χ1n) is 5.84. The van der Waals surface area contributed by atoms with Gasteiger partial charge in [0.05, 0.1) is 12.1 Å². The van der Waals surface area contributed by atoms with Gasteiger partial charge in [0.1, 0.15) is 0 Å². The Morgan fingerprint density at radius 1 is 1.33 bits per heavy atom. The van der Waals surface area contributed by atoms with E-state index in [1.165, 1.54) is 6.92 Å². The lowest BCUT2D eigenvalue weighted by atomic mass is 10.00. The fourth-order valence-corrected chi connectivity index (χ4v) is 1.69. The number of carbonyl (C=O) groups excluding carboxylic acids is 2. The highest BCUT2D eigenvalue weighted by Crippen LogP contribution is 2.06. The molecule has 4 heteroatoms. The van der Waals surface area contributed by atoms with Gasteiger partial charge in [-0.25, -0.2) is 0 Å². The number of Topliss-reactive ketones (excluding diaryl/α,β-unsaturated/α-hetero) is 1. The summed E-state index contributed by atoms with van der Waals surface area (Å²) in [5.74, 6) is -0.336. The Morgan fingerprint density at radius 2 is 2.00 bits per heavy atom. The lowest BCUT2D eigenvalue weighted by Crippen LogP contribution is -2.41. The molecule has 0 saturated heterocycles. The Morgan fingerprint density at radius 3 is 2.56 bits per heavy atom. The minimum atomic E-state index is -0.543. The monoisotopic (exact) mass is 244 g/mol. The first kappa shape index (κ1) is 13.9. The summed E-state index contributed by atoms with van der Waals surface area (Å²) >= 11 is 0. The highest BCUT2D eigenvalue weighted by molar-refractivity contribution is 5.88. The van der Waals surface area contributed by atoms with Crippen molar-refractivity contribution in [1.29, 1.82) is 5.26 Å². The highest BCUT2D eigenvalue weighted by atomic mass is 16.2. The van der Waals surface area contributed by atoms with Gasteiger partial charge in [0, 0.05) is 19.8 Å². The van der Waals surface area contributed by atoms with Crippen LogP contribution in [0.5, 0.6) is 0 Å². The second-order valence-electron chi connectivity index (χ2n) is 4.07. The largest absolute Gasteiger partial charge is 0.346 e. The van der Waals surface area contributed by atoms with Crippen molar-refractivity contribution in [2.24, 2.45) is 0 Å². The Balaban J connectivity index is 2.69. The van der Waals surface area contributed by atoms with Crippen LogP contribution in [-0.4, -0.2) is 17.7 Å². The van der Waals surface area contributed by atoms with E-state index in [0.29, 0.717) is 6.42 Å². The zero-order chi connectivity index (χ0) is 13.4.